The first-order chi connectivity index (χ1) is 16.7. The first kappa shape index (κ1) is 21.8. The van der Waals surface area contributed by atoms with Gasteiger partial charge in [0.2, 0.25) is 12.7 Å². The second-order valence-corrected chi connectivity index (χ2v) is 8.25. The highest BCUT2D eigenvalue weighted by Crippen LogP contribution is 2.33. The molecule has 1 amide bonds. The van der Waals surface area contributed by atoms with Crippen molar-refractivity contribution >= 4 is 23.2 Å². The molecule has 0 saturated carbocycles. The van der Waals surface area contributed by atoms with E-state index in [9.17, 15) is 4.79 Å². The van der Waals surface area contributed by atoms with Gasteiger partial charge in [0.05, 0.1) is 6.42 Å². The van der Waals surface area contributed by atoms with E-state index in [2.05, 4.69) is 36.7 Å². The highest BCUT2D eigenvalue weighted by atomic mass is 16.7. The third kappa shape index (κ3) is 4.96. The predicted octanol–water partition coefficient (Wildman–Crippen LogP) is 1.80. The van der Waals surface area contributed by atoms with Gasteiger partial charge in [-0.2, -0.15) is 0 Å². The Morgan fingerprint density at radius 2 is 1.76 bits per heavy atom. The van der Waals surface area contributed by atoms with Gasteiger partial charge in [-0.1, -0.05) is 36.4 Å². The largest absolute Gasteiger partial charge is 0.454 e. The van der Waals surface area contributed by atoms with Crippen molar-refractivity contribution in [1.29, 1.82) is 0 Å². The van der Waals surface area contributed by atoms with E-state index < -0.39 is 0 Å². The topological polar surface area (TPSA) is 118 Å². The summed E-state index contributed by atoms with van der Waals surface area (Å²) in [5, 5.41) is 0. The summed E-state index contributed by atoms with van der Waals surface area (Å²) in [6.45, 7) is 4.43. The highest BCUT2D eigenvalue weighted by Gasteiger charge is 2.22. The normalized spacial score (nSPS) is 15.2. The molecule has 5 rings (SSSR count). The zero-order valence-corrected chi connectivity index (χ0v) is 18.7. The van der Waals surface area contributed by atoms with Crippen LogP contribution in [0.2, 0.25) is 0 Å². The third-order valence-electron chi connectivity index (χ3n) is 5.91. The first-order valence-corrected chi connectivity index (χ1v) is 11.2. The molecule has 0 atom stereocenters. The molecule has 3 aromatic rings. The summed E-state index contributed by atoms with van der Waals surface area (Å²) in [4.78, 5) is 25.4. The molecule has 1 aromatic heterocycles. The molecule has 1 fully saturated rings. The van der Waals surface area contributed by atoms with Crippen LogP contribution in [0.4, 0.5) is 17.3 Å². The number of rotatable bonds is 7. The molecule has 2 aromatic carbocycles. The van der Waals surface area contributed by atoms with Gasteiger partial charge in [0.15, 0.2) is 23.1 Å². The SMILES string of the molecule is Nc1c(NNC(=O)Cc2ccccc2)ncnc1N1CCN(Cc2ccc3c(c2)OCO3)CC1. The van der Waals surface area contributed by atoms with E-state index in [0.717, 1.165) is 49.8 Å². The number of hydrazine groups is 1. The molecule has 2 aliphatic heterocycles. The molecule has 0 radical (unpaired) electrons. The fourth-order valence-corrected chi connectivity index (χ4v) is 4.11. The number of carbonyl (C=O) groups excluding carboxylic acids is 1. The minimum absolute atomic E-state index is 0.178. The van der Waals surface area contributed by atoms with Gasteiger partial charge in [-0.25, -0.2) is 9.97 Å². The smallest absolute Gasteiger partial charge is 0.242 e. The van der Waals surface area contributed by atoms with Crippen LogP contribution in [0.25, 0.3) is 0 Å². The number of hydrogen-bond acceptors (Lipinski definition) is 9. The molecule has 0 spiro atoms. The number of piperazine rings is 1. The Balaban J connectivity index is 1.15. The summed E-state index contributed by atoms with van der Waals surface area (Å²) < 4.78 is 10.9. The van der Waals surface area contributed by atoms with Crippen LogP contribution in [-0.4, -0.2) is 53.7 Å². The van der Waals surface area contributed by atoms with E-state index in [1.165, 1.54) is 11.9 Å². The zero-order chi connectivity index (χ0) is 23.3. The van der Waals surface area contributed by atoms with Gasteiger partial charge in [-0.3, -0.25) is 20.5 Å². The molecule has 10 nitrogen and oxygen atoms in total. The standard InChI is InChI=1S/C24H27N7O3/c25-22-23(29-28-21(32)13-17-4-2-1-3-5-17)26-15-27-24(22)31-10-8-30(9-11-31)14-18-6-7-19-20(12-18)34-16-33-19/h1-7,12,15H,8-11,13-14,16,25H2,(H,28,32)(H,26,27,29). The number of carbonyl (C=O) groups is 1. The Kier molecular flexibility index (Phi) is 6.30. The molecule has 1 saturated heterocycles. The van der Waals surface area contributed by atoms with E-state index in [1.54, 1.807) is 0 Å². The lowest BCUT2D eigenvalue weighted by Crippen LogP contribution is -2.46. The van der Waals surface area contributed by atoms with Gasteiger partial charge in [0.1, 0.15) is 12.0 Å². The number of nitrogens with two attached hydrogens (primary N) is 1. The lowest BCUT2D eigenvalue weighted by Gasteiger charge is -2.36. The van der Waals surface area contributed by atoms with Crippen LogP contribution >= 0.6 is 0 Å². The average Bonchev–Trinajstić information content (AvgIpc) is 3.33. The van der Waals surface area contributed by atoms with Gasteiger partial charge in [-0.05, 0) is 23.3 Å². The summed E-state index contributed by atoms with van der Waals surface area (Å²) in [5.74, 6) is 2.48. The summed E-state index contributed by atoms with van der Waals surface area (Å²) >= 11 is 0. The maximum Gasteiger partial charge on any atom is 0.242 e. The van der Waals surface area contributed by atoms with Crippen molar-refractivity contribution < 1.29 is 14.3 Å². The summed E-state index contributed by atoms with van der Waals surface area (Å²) in [6.07, 6.45) is 1.72. The maximum absolute atomic E-state index is 12.2. The van der Waals surface area contributed by atoms with Gasteiger partial charge >= 0.3 is 0 Å². The number of ether oxygens (including phenoxy) is 2. The second-order valence-electron chi connectivity index (χ2n) is 8.25. The second kappa shape index (κ2) is 9.84. The highest BCUT2D eigenvalue weighted by molar-refractivity contribution is 5.82. The Morgan fingerprint density at radius 1 is 0.971 bits per heavy atom. The van der Waals surface area contributed by atoms with Crippen LogP contribution in [0.3, 0.4) is 0 Å². The van der Waals surface area contributed by atoms with Crippen molar-refractivity contribution in [3.05, 3.63) is 66.0 Å². The minimum atomic E-state index is -0.178. The number of aromatic nitrogens is 2. The van der Waals surface area contributed by atoms with Gasteiger partial charge < -0.3 is 20.1 Å². The molecule has 3 heterocycles. The Morgan fingerprint density at radius 3 is 2.59 bits per heavy atom. The van der Waals surface area contributed by atoms with E-state index in [1.807, 2.05) is 42.5 Å². The van der Waals surface area contributed by atoms with Gasteiger partial charge in [0, 0.05) is 32.7 Å². The monoisotopic (exact) mass is 461 g/mol. The number of nitrogens with one attached hydrogen (secondary N) is 2. The number of benzene rings is 2. The Hall–Kier alpha value is -4.05. The number of nitrogen functional groups attached to an aromatic ring is 1. The molecular weight excluding hydrogens is 434 g/mol. The fourth-order valence-electron chi connectivity index (χ4n) is 4.11. The number of hydrogen-bond donors (Lipinski definition) is 3. The van der Waals surface area contributed by atoms with Crippen molar-refractivity contribution in [2.75, 3.05) is 49.0 Å². The molecule has 176 valence electrons. The van der Waals surface area contributed by atoms with E-state index in [0.29, 0.717) is 17.3 Å². The molecule has 34 heavy (non-hydrogen) atoms. The lowest BCUT2D eigenvalue weighted by molar-refractivity contribution is -0.119. The van der Waals surface area contributed by atoms with E-state index >= 15 is 0 Å². The Bertz CT molecular complexity index is 1150. The number of fused-ring (bicyclic) bond motifs is 1. The van der Waals surface area contributed by atoms with Crippen molar-refractivity contribution in [2.24, 2.45) is 0 Å². The predicted molar refractivity (Wildman–Crippen MR) is 128 cm³/mol. The maximum atomic E-state index is 12.2. The van der Waals surface area contributed by atoms with Crippen LogP contribution in [0.5, 0.6) is 11.5 Å². The van der Waals surface area contributed by atoms with Crippen LogP contribution in [0, 0.1) is 0 Å². The van der Waals surface area contributed by atoms with E-state index in [-0.39, 0.29) is 19.1 Å². The van der Waals surface area contributed by atoms with Crippen LogP contribution in [0.15, 0.2) is 54.9 Å². The van der Waals surface area contributed by atoms with Crippen LogP contribution < -0.4 is 31.0 Å². The number of nitrogens with zero attached hydrogens (tertiary/aromatic N) is 4. The molecular formula is C24H27N7O3. The number of anilines is 3. The zero-order valence-electron chi connectivity index (χ0n) is 18.7. The van der Waals surface area contributed by atoms with Gasteiger partial charge in [0.25, 0.3) is 0 Å². The van der Waals surface area contributed by atoms with Crippen molar-refractivity contribution in [2.45, 2.75) is 13.0 Å². The van der Waals surface area contributed by atoms with Crippen molar-refractivity contribution in [3.63, 3.8) is 0 Å². The quantitative estimate of drug-likeness (QED) is 0.453. The molecule has 10 heteroatoms. The molecule has 2 aliphatic rings. The van der Waals surface area contributed by atoms with Crippen LogP contribution in [0.1, 0.15) is 11.1 Å². The summed E-state index contributed by atoms with van der Waals surface area (Å²) in [5.41, 5.74) is 14.4. The van der Waals surface area contributed by atoms with Crippen molar-refractivity contribution in [3.8, 4) is 11.5 Å². The lowest BCUT2D eigenvalue weighted by atomic mass is 10.1. The number of amides is 1. The molecule has 0 unspecified atom stereocenters. The Labute approximate surface area is 197 Å². The summed E-state index contributed by atoms with van der Waals surface area (Å²) in [6, 6.07) is 15.6. The first-order valence-electron chi connectivity index (χ1n) is 11.2. The van der Waals surface area contributed by atoms with Crippen LogP contribution in [-0.2, 0) is 17.8 Å². The van der Waals surface area contributed by atoms with Crippen molar-refractivity contribution in [1.82, 2.24) is 20.3 Å². The molecule has 4 N–H and O–H groups in total. The third-order valence-corrected chi connectivity index (χ3v) is 5.91. The minimum Gasteiger partial charge on any atom is -0.454 e. The molecule has 0 aliphatic carbocycles. The summed E-state index contributed by atoms with van der Waals surface area (Å²) in [7, 11) is 0. The van der Waals surface area contributed by atoms with E-state index in [4.69, 9.17) is 15.2 Å². The molecule has 0 bridgehead atoms. The fraction of sp³-hybridized carbons (Fsp3) is 0.292. The van der Waals surface area contributed by atoms with Gasteiger partial charge in [-0.15, -0.1) is 0 Å². The average molecular weight is 462 g/mol.